The highest BCUT2D eigenvalue weighted by Gasteiger charge is 2.27. The molecule has 0 unspecified atom stereocenters. The summed E-state index contributed by atoms with van der Waals surface area (Å²) < 4.78 is 0. The maximum atomic E-state index is 12.6. The van der Waals surface area contributed by atoms with Crippen molar-refractivity contribution in [1.82, 2.24) is 4.90 Å². The first-order valence-corrected chi connectivity index (χ1v) is 6.88. The molecule has 1 amide bonds. The molecule has 3 heteroatoms. The van der Waals surface area contributed by atoms with Gasteiger partial charge in [-0.3, -0.25) is 4.79 Å². The molecule has 3 nitrogen and oxygen atoms in total. The van der Waals surface area contributed by atoms with Gasteiger partial charge in [-0.15, -0.1) is 0 Å². The zero-order valence-corrected chi connectivity index (χ0v) is 11.5. The van der Waals surface area contributed by atoms with E-state index in [1.807, 2.05) is 23.1 Å². The van der Waals surface area contributed by atoms with Crippen LogP contribution >= 0.6 is 0 Å². The third-order valence-electron chi connectivity index (χ3n) is 3.90. The maximum absolute atomic E-state index is 12.6. The van der Waals surface area contributed by atoms with Crippen LogP contribution in [-0.4, -0.2) is 16.8 Å². The molecule has 1 heterocycles. The van der Waals surface area contributed by atoms with Gasteiger partial charge in [0.25, 0.3) is 5.91 Å². The number of rotatable bonds is 1. The average molecular weight is 266 g/mol. The first kappa shape index (κ1) is 12.7. The summed E-state index contributed by atoms with van der Waals surface area (Å²) in [6.07, 6.45) is 0.907. The highest BCUT2D eigenvalue weighted by molar-refractivity contribution is 5.95. The van der Waals surface area contributed by atoms with Gasteiger partial charge in [-0.2, -0.15) is 0 Å². The van der Waals surface area contributed by atoms with Gasteiger partial charge in [-0.05, 0) is 42.7 Å². The van der Waals surface area contributed by atoms with Crippen molar-refractivity contribution in [3.63, 3.8) is 0 Å². The molecular formula is C17H18N2O. The molecular weight excluding hydrogens is 248 g/mol. The number of carbonyl (C=O) groups excluding carboxylic acids is 1. The molecule has 0 spiro atoms. The first-order valence-electron chi connectivity index (χ1n) is 6.88. The van der Waals surface area contributed by atoms with Crippen LogP contribution in [0.2, 0.25) is 0 Å². The van der Waals surface area contributed by atoms with E-state index in [-0.39, 0.29) is 11.9 Å². The van der Waals surface area contributed by atoms with Crippen LogP contribution in [-0.2, 0) is 13.0 Å². The molecule has 102 valence electrons. The summed E-state index contributed by atoms with van der Waals surface area (Å²) in [6.45, 7) is 2.77. The Kier molecular flexibility index (Phi) is 3.18. The molecule has 0 bridgehead atoms. The number of anilines is 1. The third-order valence-corrected chi connectivity index (χ3v) is 3.90. The van der Waals surface area contributed by atoms with Crippen molar-refractivity contribution in [2.75, 3.05) is 5.73 Å². The molecule has 0 aromatic heterocycles. The second kappa shape index (κ2) is 5.00. The zero-order chi connectivity index (χ0) is 14.1. The summed E-state index contributed by atoms with van der Waals surface area (Å²) >= 11 is 0. The standard InChI is InChI=1S/C17H18N2O/c1-12-9-13-5-2-3-6-15(13)11-19(12)17(20)14-7-4-8-16(18)10-14/h2-8,10,12H,9,11,18H2,1H3/t12-/m1/s1. The van der Waals surface area contributed by atoms with Crippen LogP contribution < -0.4 is 5.73 Å². The summed E-state index contributed by atoms with van der Waals surface area (Å²) in [5, 5.41) is 0. The van der Waals surface area contributed by atoms with E-state index < -0.39 is 0 Å². The minimum atomic E-state index is 0.0549. The summed E-state index contributed by atoms with van der Waals surface area (Å²) in [7, 11) is 0. The lowest BCUT2D eigenvalue weighted by molar-refractivity contribution is 0.0658. The van der Waals surface area contributed by atoms with Gasteiger partial charge >= 0.3 is 0 Å². The van der Waals surface area contributed by atoms with Gasteiger partial charge in [0.05, 0.1) is 0 Å². The number of fused-ring (bicyclic) bond motifs is 1. The molecule has 0 fully saturated rings. The van der Waals surface area contributed by atoms with Crippen LogP contribution in [0.3, 0.4) is 0 Å². The lowest BCUT2D eigenvalue weighted by atomic mass is 9.94. The van der Waals surface area contributed by atoms with Gasteiger partial charge in [0.1, 0.15) is 0 Å². The number of benzene rings is 2. The van der Waals surface area contributed by atoms with Gasteiger partial charge in [0, 0.05) is 23.8 Å². The molecule has 0 radical (unpaired) electrons. The number of amides is 1. The topological polar surface area (TPSA) is 46.3 Å². The van der Waals surface area contributed by atoms with E-state index in [1.165, 1.54) is 11.1 Å². The van der Waals surface area contributed by atoms with Crippen molar-refractivity contribution in [3.8, 4) is 0 Å². The van der Waals surface area contributed by atoms with E-state index in [0.717, 1.165) is 6.42 Å². The Labute approximate surface area is 119 Å². The molecule has 1 aliphatic heterocycles. The predicted octanol–water partition coefficient (Wildman–Crippen LogP) is 2.86. The van der Waals surface area contributed by atoms with E-state index in [9.17, 15) is 4.79 Å². The monoisotopic (exact) mass is 266 g/mol. The second-order valence-electron chi connectivity index (χ2n) is 5.38. The van der Waals surface area contributed by atoms with E-state index in [4.69, 9.17) is 5.73 Å². The Morgan fingerprint density at radius 1 is 1.15 bits per heavy atom. The largest absolute Gasteiger partial charge is 0.399 e. The second-order valence-corrected chi connectivity index (χ2v) is 5.38. The molecule has 1 aliphatic rings. The fraction of sp³-hybridized carbons (Fsp3) is 0.235. The Morgan fingerprint density at radius 3 is 2.65 bits per heavy atom. The lowest BCUT2D eigenvalue weighted by Gasteiger charge is -2.35. The van der Waals surface area contributed by atoms with Gasteiger partial charge in [-0.25, -0.2) is 0 Å². The molecule has 2 aromatic carbocycles. The van der Waals surface area contributed by atoms with Crippen molar-refractivity contribution in [1.29, 1.82) is 0 Å². The van der Waals surface area contributed by atoms with E-state index in [0.29, 0.717) is 17.8 Å². The van der Waals surface area contributed by atoms with Gasteiger partial charge in [0.2, 0.25) is 0 Å². The average Bonchev–Trinajstić information content (AvgIpc) is 2.46. The lowest BCUT2D eigenvalue weighted by Crippen LogP contribution is -2.42. The number of carbonyl (C=O) groups is 1. The highest BCUT2D eigenvalue weighted by Crippen LogP contribution is 2.25. The predicted molar refractivity (Wildman–Crippen MR) is 80.3 cm³/mol. The van der Waals surface area contributed by atoms with Crippen LogP contribution in [0.5, 0.6) is 0 Å². The van der Waals surface area contributed by atoms with Crippen LogP contribution in [0, 0.1) is 0 Å². The number of hydrogen-bond donors (Lipinski definition) is 1. The number of hydrogen-bond acceptors (Lipinski definition) is 2. The SMILES string of the molecule is C[C@@H]1Cc2ccccc2CN1C(=O)c1cccc(N)c1. The van der Waals surface area contributed by atoms with E-state index in [1.54, 1.807) is 12.1 Å². The summed E-state index contributed by atoms with van der Waals surface area (Å²) in [4.78, 5) is 14.6. The molecule has 0 aliphatic carbocycles. The maximum Gasteiger partial charge on any atom is 0.254 e. The minimum absolute atomic E-state index is 0.0549. The molecule has 0 saturated carbocycles. The summed E-state index contributed by atoms with van der Waals surface area (Å²) in [5.74, 6) is 0.0549. The summed E-state index contributed by atoms with van der Waals surface area (Å²) in [6, 6.07) is 15.7. The van der Waals surface area contributed by atoms with Gasteiger partial charge in [0.15, 0.2) is 0 Å². The molecule has 20 heavy (non-hydrogen) atoms. The van der Waals surface area contributed by atoms with Crippen molar-refractivity contribution in [3.05, 3.63) is 65.2 Å². The Bertz CT molecular complexity index is 651. The third kappa shape index (κ3) is 2.27. The molecule has 1 atom stereocenters. The van der Waals surface area contributed by atoms with Crippen molar-refractivity contribution < 1.29 is 4.79 Å². The van der Waals surface area contributed by atoms with Crippen LogP contribution in [0.1, 0.15) is 28.4 Å². The van der Waals surface area contributed by atoms with Crippen molar-refractivity contribution >= 4 is 11.6 Å². The highest BCUT2D eigenvalue weighted by atomic mass is 16.2. The van der Waals surface area contributed by atoms with Crippen LogP contribution in [0.25, 0.3) is 0 Å². The molecule has 2 N–H and O–H groups in total. The fourth-order valence-electron chi connectivity index (χ4n) is 2.79. The fourth-order valence-corrected chi connectivity index (χ4v) is 2.79. The minimum Gasteiger partial charge on any atom is -0.399 e. The zero-order valence-electron chi connectivity index (χ0n) is 11.5. The van der Waals surface area contributed by atoms with Gasteiger partial charge in [-0.1, -0.05) is 30.3 Å². The van der Waals surface area contributed by atoms with Crippen molar-refractivity contribution in [2.45, 2.75) is 25.9 Å². The van der Waals surface area contributed by atoms with Crippen LogP contribution in [0.15, 0.2) is 48.5 Å². The summed E-state index contributed by atoms with van der Waals surface area (Å²) in [5.41, 5.74) is 9.64. The number of nitrogens with two attached hydrogens (primary N) is 1. The van der Waals surface area contributed by atoms with Crippen LogP contribution in [0.4, 0.5) is 5.69 Å². The van der Waals surface area contributed by atoms with E-state index >= 15 is 0 Å². The molecule has 3 rings (SSSR count). The van der Waals surface area contributed by atoms with E-state index in [2.05, 4.69) is 25.1 Å². The normalized spacial score (nSPS) is 17.6. The van der Waals surface area contributed by atoms with Gasteiger partial charge < -0.3 is 10.6 Å². The molecule has 0 saturated heterocycles. The Balaban J connectivity index is 1.90. The quantitative estimate of drug-likeness (QED) is 0.807. The van der Waals surface area contributed by atoms with Crippen molar-refractivity contribution in [2.24, 2.45) is 0 Å². The number of nitrogen functional groups attached to an aromatic ring is 1. The Hall–Kier alpha value is -2.29. The Morgan fingerprint density at radius 2 is 1.90 bits per heavy atom. The number of nitrogens with zero attached hydrogens (tertiary/aromatic N) is 1. The smallest absolute Gasteiger partial charge is 0.254 e. The first-order chi connectivity index (χ1) is 9.65. The molecule has 2 aromatic rings.